The van der Waals surface area contributed by atoms with Crippen molar-refractivity contribution in [2.45, 2.75) is 33.4 Å². The molecule has 2 aromatic heterocycles. The highest BCUT2D eigenvalue weighted by Crippen LogP contribution is 2.22. The predicted octanol–water partition coefficient (Wildman–Crippen LogP) is 2.71. The van der Waals surface area contributed by atoms with E-state index >= 15 is 0 Å². The lowest BCUT2D eigenvalue weighted by Gasteiger charge is -2.24. The number of aromatic nitrogens is 1. The minimum atomic E-state index is 0.306. The Morgan fingerprint density at radius 2 is 2.17 bits per heavy atom. The average molecular weight is 350 g/mol. The molecule has 24 heavy (non-hydrogen) atoms. The first-order chi connectivity index (χ1) is 11.5. The SMILES string of the molecule is CCNC(=NCc1nc(C)c(C)o1)NCC(c1cccs1)N(C)C. The number of likely N-dealkylation sites (N-methyl/N-ethyl adjacent to an activating group) is 1. The fourth-order valence-corrected chi connectivity index (χ4v) is 3.23. The summed E-state index contributed by atoms with van der Waals surface area (Å²) in [6.07, 6.45) is 0. The number of guanidine groups is 1. The van der Waals surface area contributed by atoms with Gasteiger partial charge in [-0.25, -0.2) is 9.98 Å². The molecule has 1 unspecified atom stereocenters. The lowest BCUT2D eigenvalue weighted by atomic mass is 10.2. The predicted molar refractivity (Wildman–Crippen MR) is 99.5 cm³/mol. The van der Waals surface area contributed by atoms with E-state index in [0.717, 1.165) is 30.5 Å². The smallest absolute Gasteiger partial charge is 0.216 e. The molecule has 0 radical (unpaired) electrons. The highest BCUT2D eigenvalue weighted by molar-refractivity contribution is 7.10. The van der Waals surface area contributed by atoms with Crippen molar-refractivity contribution in [1.82, 2.24) is 20.5 Å². The van der Waals surface area contributed by atoms with Gasteiger partial charge in [-0.15, -0.1) is 11.3 Å². The van der Waals surface area contributed by atoms with Crippen LogP contribution in [0.15, 0.2) is 26.9 Å². The highest BCUT2D eigenvalue weighted by atomic mass is 32.1. The van der Waals surface area contributed by atoms with Crippen LogP contribution in [0.3, 0.4) is 0 Å². The van der Waals surface area contributed by atoms with E-state index in [1.165, 1.54) is 4.88 Å². The maximum atomic E-state index is 5.59. The molecule has 0 spiro atoms. The number of oxazole rings is 1. The minimum Gasteiger partial charge on any atom is -0.444 e. The van der Waals surface area contributed by atoms with E-state index in [-0.39, 0.29) is 0 Å². The lowest BCUT2D eigenvalue weighted by Crippen LogP contribution is -2.41. The maximum absolute atomic E-state index is 5.59. The summed E-state index contributed by atoms with van der Waals surface area (Å²) in [7, 11) is 4.18. The van der Waals surface area contributed by atoms with Crippen LogP contribution in [0.2, 0.25) is 0 Å². The molecular formula is C17H27N5OS. The van der Waals surface area contributed by atoms with Gasteiger partial charge >= 0.3 is 0 Å². The third-order valence-electron chi connectivity index (χ3n) is 3.75. The molecule has 0 aromatic carbocycles. The third kappa shape index (κ3) is 5.07. The van der Waals surface area contributed by atoms with Crippen LogP contribution in [-0.4, -0.2) is 43.0 Å². The van der Waals surface area contributed by atoms with Gasteiger partial charge in [0.2, 0.25) is 5.89 Å². The first-order valence-electron chi connectivity index (χ1n) is 8.16. The van der Waals surface area contributed by atoms with Gasteiger partial charge in [0.15, 0.2) is 5.96 Å². The molecule has 132 valence electrons. The number of nitrogens with zero attached hydrogens (tertiary/aromatic N) is 3. The van der Waals surface area contributed by atoms with Crippen LogP contribution in [0, 0.1) is 13.8 Å². The maximum Gasteiger partial charge on any atom is 0.216 e. The Kier molecular flexibility index (Phi) is 6.81. The number of hydrogen-bond acceptors (Lipinski definition) is 5. The number of thiophene rings is 1. The number of aryl methyl sites for hydroxylation is 2. The second-order valence-electron chi connectivity index (χ2n) is 5.82. The van der Waals surface area contributed by atoms with Crippen molar-refractivity contribution < 1.29 is 4.42 Å². The van der Waals surface area contributed by atoms with E-state index in [9.17, 15) is 0 Å². The van der Waals surface area contributed by atoms with Crippen LogP contribution in [0.1, 0.15) is 35.2 Å². The standard InChI is InChI=1S/C17H27N5OS/c1-6-18-17(20-11-16-21-12(2)13(3)23-16)19-10-14(22(4)5)15-8-7-9-24-15/h7-9,14H,6,10-11H2,1-5H3,(H2,18,19,20). The van der Waals surface area contributed by atoms with E-state index in [4.69, 9.17) is 4.42 Å². The molecule has 0 aliphatic carbocycles. The van der Waals surface area contributed by atoms with Gasteiger partial charge in [0.05, 0.1) is 11.7 Å². The summed E-state index contributed by atoms with van der Waals surface area (Å²) in [6, 6.07) is 4.56. The Morgan fingerprint density at radius 1 is 1.38 bits per heavy atom. The van der Waals surface area contributed by atoms with E-state index < -0.39 is 0 Å². The summed E-state index contributed by atoms with van der Waals surface area (Å²) in [5.41, 5.74) is 0.920. The molecule has 0 amide bonds. The van der Waals surface area contributed by atoms with Gasteiger partial charge < -0.3 is 20.0 Å². The summed E-state index contributed by atoms with van der Waals surface area (Å²) in [6.45, 7) is 7.93. The van der Waals surface area contributed by atoms with Crippen LogP contribution in [0.5, 0.6) is 0 Å². The molecule has 7 heteroatoms. The summed E-state index contributed by atoms with van der Waals surface area (Å²) < 4.78 is 5.59. The third-order valence-corrected chi connectivity index (χ3v) is 4.72. The van der Waals surface area contributed by atoms with Crippen LogP contribution in [-0.2, 0) is 6.54 Å². The van der Waals surface area contributed by atoms with Crippen molar-refractivity contribution in [2.75, 3.05) is 27.2 Å². The molecule has 0 saturated carbocycles. The van der Waals surface area contributed by atoms with E-state index in [1.54, 1.807) is 11.3 Å². The fourth-order valence-electron chi connectivity index (χ4n) is 2.31. The van der Waals surface area contributed by atoms with Crippen LogP contribution in [0.25, 0.3) is 0 Å². The summed E-state index contributed by atoms with van der Waals surface area (Å²) >= 11 is 1.77. The molecule has 2 heterocycles. The second-order valence-corrected chi connectivity index (χ2v) is 6.80. The zero-order valence-corrected chi connectivity index (χ0v) is 15.9. The van der Waals surface area contributed by atoms with Crippen molar-refractivity contribution in [3.05, 3.63) is 39.7 Å². The molecular weight excluding hydrogens is 322 g/mol. The summed E-state index contributed by atoms with van der Waals surface area (Å²) in [5.74, 6) is 2.27. The number of aliphatic imine (C=N–C) groups is 1. The quantitative estimate of drug-likeness (QED) is 0.594. The lowest BCUT2D eigenvalue weighted by molar-refractivity contribution is 0.302. The molecule has 2 N–H and O–H groups in total. The van der Waals surface area contributed by atoms with E-state index in [1.807, 2.05) is 13.8 Å². The summed E-state index contributed by atoms with van der Waals surface area (Å²) in [5, 5.41) is 8.79. The van der Waals surface area contributed by atoms with Crippen molar-refractivity contribution in [1.29, 1.82) is 0 Å². The number of rotatable bonds is 7. The van der Waals surface area contributed by atoms with E-state index in [0.29, 0.717) is 18.5 Å². The first kappa shape index (κ1) is 18.5. The summed E-state index contributed by atoms with van der Waals surface area (Å²) in [4.78, 5) is 12.5. The van der Waals surface area contributed by atoms with Gasteiger partial charge in [0.25, 0.3) is 0 Å². The van der Waals surface area contributed by atoms with Crippen LogP contribution >= 0.6 is 11.3 Å². The monoisotopic (exact) mass is 349 g/mol. The fraction of sp³-hybridized carbons (Fsp3) is 0.529. The number of hydrogen-bond donors (Lipinski definition) is 2. The molecule has 2 aromatic rings. The van der Waals surface area contributed by atoms with Crippen LogP contribution in [0.4, 0.5) is 0 Å². The molecule has 0 fully saturated rings. The minimum absolute atomic E-state index is 0.306. The highest BCUT2D eigenvalue weighted by Gasteiger charge is 2.15. The Hall–Kier alpha value is -1.86. The van der Waals surface area contributed by atoms with Gasteiger partial charge in [-0.1, -0.05) is 6.07 Å². The zero-order valence-electron chi connectivity index (χ0n) is 15.1. The van der Waals surface area contributed by atoms with E-state index in [2.05, 4.69) is 64.0 Å². The van der Waals surface area contributed by atoms with Gasteiger partial charge in [-0.3, -0.25) is 0 Å². The molecule has 0 aliphatic rings. The largest absolute Gasteiger partial charge is 0.444 e. The van der Waals surface area contributed by atoms with Crippen molar-refractivity contribution in [2.24, 2.45) is 4.99 Å². The second kappa shape index (κ2) is 8.84. The Morgan fingerprint density at radius 3 is 2.71 bits per heavy atom. The molecule has 1 atom stereocenters. The topological polar surface area (TPSA) is 65.7 Å². The van der Waals surface area contributed by atoms with Crippen molar-refractivity contribution >= 4 is 17.3 Å². The first-order valence-corrected chi connectivity index (χ1v) is 9.04. The van der Waals surface area contributed by atoms with Gasteiger partial charge in [-0.2, -0.15) is 0 Å². The molecule has 0 bridgehead atoms. The van der Waals surface area contributed by atoms with Crippen molar-refractivity contribution in [3.8, 4) is 0 Å². The average Bonchev–Trinajstić information content (AvgIpc) is 3.15. The van der Waals surface area contributed by atoms with Gasteiger partial charge in [-0.05, 0) is 46.3 Å². The van der Waals surface area contributed by atoms with Crippen LogP contribution < -0.4 is 10.6 Å². The Balaban J connectivity index is 2.00. The zero-order chi connectivity index (χ0) is 17.5. The molecule has 0 aliphatic heterocycles. The van der Waals surface area contributed by atoms with Gasteiger partial charge in [0.1, 0.15) is 12.3 Å². The number of nitrogens with one attached hydrogen (secondary N) is 2. The Bertz CT molecular complexity index is 628. The molecule has 2 rings (SSSR count). The van der Waals surface area contributed by atoms with Crippen molar-refractivity contribution in [3.63, 3.8) is 0 Å². The Labute approximate surface area is 148 Å². The molecule has 0 saturated heterocycles. The van der Waals surface area contributed by atoms with Gasteiger partial charge in [0, 0.05) is 18.0 Å². The molecule has 6 nitrogen and oxygen atoms in total. The normalized spacial score (nSPS) is 13.3.